The average Bonchev–Trinajstić information content (AvgIpc) is 2.58. The average molecular weight is 323 g/mol. The fourth-order valence-electron chi connectivity index (χ4n) is 3.08. The summed E-state index contributed by atoms with van der Waals surface area (Å²) in [4.78, 5) is 2.41. The maximum atomic E-state index is 9.74. The van der Waals surface area contributed by atoms with Gasteiger partial charge in [0.1, 0.15) is 6.10 Å². The standard InChI is InChI=1S/C18H29NO4/c1-13(2)7-8-19-9-10-23-17(12-20)18(19)14-5-6-15(21-3)16(11-14)22-4/h5-6,11,13,17-18,20H,7-10,12H2,1-4H3/t17-,18-/m1/s1. The Morgan fingerprint density at radius 3 is 2.61 bits per heavy atom. The van der Waals surface area contributed by atoms with Gasteiger partial charge < -0.3 is 19.3 Å². The second-order valence-electron chi connectivity index (χ2n) is 6.37. The molecule has 1 heterocycles. The normalized spacial score (nSPS) is 22.3. The summed E-state index contributed by atoms with van der Waals surface area (Å²) in [6, 6.07) is 5.97. The van der Waals surface area contributed by atoms with Crippen molar-refractivity contribution in [1.82, 2.24) is 4.90 Å². The molecule has 0 aromatic heterocycles. The van der Waals surface area contributed by atoms with Crippen LogP contribution in [0.5, 0.6) is 11.5 Å². The minimum Gasteiger partial charge on any atom is -0.493 e. The van der Waals surface area contributed by atoms with E-state index in [2.05, 4.69) is 18.7 Å². The van der Waals surface area contributed by atoms with E-state index in [0.29, 0.717) is 24.0 Å². The van der Waals surface area contributed by atoms with Crippen molar-refractivity contribution in [3.63, 3.8) is 0 Å². The van der Waals surface area contributed by atoms with E-state index in [-0.39, 0.29) is 18.8 Å². The lowest BCUT2D eigenvalue weighted by Crippen LogP contribution is -2.47. The summed E-state index contributed by atoms with van der Waals surface area (Å²) in [5, 5.41) is 9.74. The van der Waals surface area contributed by atoms with Gasteiger partial charge in [0.25, 0.3) is 0 Å². The first kappa shape index (κ1) is 18.0. The number of aliphatic hydroxyl groups is 1. The maximum Gasteiger partial charge on any atom is 0.161 e. The molecule has 5 heteroatoms. The van der Waals surface area contributed by atoms with Crippen molar-refractivity contribution < 1.29 is 19.3 Å². The molecule has 1 N–H and O–H groups in total. The maximum absolute atomic E-state index is 9.74. The first-order valence-electron chi connectivity index (χ1n) is 8.29. The molecular weight excluding hydrogens is 294 g/mol. The van der Waals surface area contributed by atoms with Crippen LogP contribution in [0.25, 0.3) is 0 Å². The lowest BCUT2D eigenvalue weighted by atomic mass is 9.97. The van der Waals surface area contributed by atoms with Crippen LogP contribution in [0.2, 0.25) is 0 Å². The van der Waals surface area contributed by atoms with Gasteiger partial charge >= 0.3 is 0 Å². The van der Waals surface area contributed by atoms with Gasteiger partial charge in [-0.1, -0.05) is 19.9 Å². The SMILES string of the molecule is COc1ccc([C@@H]2[C@@H](CO)OCCN2CCC(C)C)cc1OC. The molecule has 0 unspecified atom stereocenters. The molecule has 0 amide bonds. The van der Waals surface area contributed by atoms with Crippen molar-refractivity contribution in [1.29, 1.82) is 0 Å². The van der Waals surface area contributed by atoms with Crippen molar-refractivity contribution in [2.75, 3.05) is 40.5 Å². The van der Waals surface area contributed by atoms with E-state index in [1.165, 1.54) is 0 Å². The predicted molar refractivity (Wildman–Crippen MR) is 90.1 cm³/mol. The molecule has 130 valence electrons. The number of nitrogens with zero attached hydrogens (tertiary/aromatic N) is 1. The first-order chi connectivity index (χ1) is 11.1. The second kappa shape index (κ2) is 8.52. The van der Waals surface area contributed by atoms with Crippen LogP contribution in [0.4, 0.5) is 0 Å². The van der Waals surface area contributed by atoms with Crippen LogP contribution in [-0.2, 0) is 4.74 Å². The van der Waals surface area contributed by atoms with E-state index in [0.717, 1.165) is 25.1 Å². The topological polar surface area (TPSA) is 51.2 Å². The third-order valence-corrected chi connectivity index (χ3v) is 4.38. The fraction of sp³-hybridized carbons (Fsp3) is 0.667. The van der Waals surface area contributed by atoms with Crippen LogP contribution in [0, 0.1) is 5.92 Å². The molecule has 0 radical (unpaired) electrons. The highest BCUT2D eigenvalue weighted by Crippen LogP contribution is 2.35. The summed E-state index contributed by atoms with van der Waals surface area (Å²) in [5.41, 5.74) is 1.09. The Bertz CT molecular complexity index is 492. The molecule has 0 spiro atoms. The van der Waals surface area contributed by atoms with Crippen molar-refractivity contribution >= 4 is 0 Å². The first-order valence-corrected chi connectivity index (χ1v) is 8.29. The van der Waals surface area contributed by atoms with Crippen LogP contribution in [0.15, 0.2) is 18.2 Å². The minimum atomic E-state index is -0.214. The van der Waals surface area contributed by atoms with Crippen LogP contribution >= 0.6 is 0 Å². The molecule has 2 atom stereocenters. The number of benzene rings is 1. The Morgan fingerprint density at radius 2 is 2.00 bits per heavy atom. The Balaban J connectivity index is 2.28. The van der Waals surface area contributed by atoms with Gasteiger partial charge in [0.05, 0.1) is 33.5 Å². The van der Waals surface area contributed by atoms with Gasteiger partial charge in [-0.2, -0.15) is 0 Å². The van der Waals surface area contributed by atoms with Crippen molar-refractivity contribution in [3.8, 4) is 11.5 Å². The molecule has 1 aliphatic rings. The third kappa shape index (κ3) is 4.37. The van der Waals surface area contributed by atoms with Crippen LogP contribution in [0.1, 0.15) is 31.9 Å². The molecule has 1 fully saturated rings. The zero-order chi connectivity index (χ0) is 16.8. The summed E-state index contributed by atoms with van der Waals surface area (Å²) in [6.07, 6.45) is 0.913. The highest BCUT2D eigenvalue weighted by atomic mass is 16.5. The monoisotopic (exact) mass is 323 g/mol. The smallest absolute Gasteiger partial charge is 0.161 e. The number of ether oxygens (including phenoxy) is 3. The second-order valence-corrected chi connectivity index (χ2v) is 6.37. The summed E-state index contributed by atoms with van der Waals surface area (Å²) >= 11 is 0. The lowest BCUT2D eigenvalue weighted by Gasteiger charge is -2.41. The number of methoxy groups -OCH3 is 2. The number of morpholine rings is 1. The van der Waals surface area contributed by atoms with E-state index in [9.17, 15) is 5.11 Å². The molecule has 0 saturated carbocycles. The summed E-state index contributed by atoms with van der Waals surface area (Å²) < 4.78 is 16.5. The number of hydrogen-bond acceptors (Lipinski definition) is 5. The molecule has 0 aliphatic carbocycles. The van der Waals surface area contributed by atoms with Gasteiger partial charge in [0.2, 0.25) is 0 Å². The molecule has 1 aliphatic heterocycles. The van der Waals surface area contributed by atoms with E-state index in [1.54, 1.807) is 14.2 Å². The predicted octanol–water partition coefficient (Wildman–Crippen LogP) is 2.48. The van der Waals surface area contributed by atoms with Crippen molar-refractivity contribution in [3.05, 3.63) is 23.8 Å². The molecule has 1 aromatic carbocycles. The van der Waals surface area contributed by atoms with Crippen molar-refractivity contribution in [2.45, 2.75) is 32.4 Å². The Morgan fingerprint density at radius 1 is 1.26 bits per heavy atom. The zero-order valence-electron chi connectivity index (χ0n) is 14.6. The Labute approximate surface area is 139 Å². The largest absolute Gasteiger partial charge is 0.493 e. The molecule has 1 saturated heterocycles. The molecule has 2 rings (SSSR count). The Hall–Kier alpha value is -1.30. The number of rotatable bonds is 7. The highest BCUT2D eigenvalue weighted by molar-refractivity contribution is 5.44. The van der Waals surface area contributed by atoms with Gasteiger partial charge in [0, 0.05) is 6.54 Å². The molecule has 0 bridgehead atoms. The number of aliphatic hydroxyl groups excluding tert-OH is 1. The fourth-order valence-corrected chi connectivity index (χ4v) is 3.08. The quantitative estimate of drug-likeness (QED) is 0.835. The van der Waals surface area contributed by atoms with Crippen molar-refractivity contribution in [2.24, 2.45) is 5.92 Å². The third-order valence-electron chi connectivity index (χ3n) is 4.38. The zero-order valence-corrected chi connectivity index (χ0v) is 14.6. The highest BCUT2D eigenvalue weighted by Gasteiger charge is 2.33. The summed E-state index contributed by atoms with van der Waals surface area (Å²) in [6.45, 7) is 7.01. The molecular formula is C18H29NO4. The molecule has 5 nitrogen and oxygen atoms in total. The lowest BCUT2D eigenvalue weighted by molar-refractivity contribution is -0.0939. The Kier molecular flexibility index (Phi) is 6.69. The van der Waals surface area contributed by atoms with Crippen LogP contribution in [0.3, 0.4) is 0 Å². The van der Waals surface area contributed by atoms with Gasteiger partial charge in [-0.3, -0.25) is 4.90 Å². The summed E-state index contributed by atoms with van der Waals surface area (Å²) in [5.74, 6) is 2.06. The van der Waals surface area contributed by atoms with E-state index >= 15 is 0 Å². The van der Waals surface area contributed by atoms with E-state index in [1.807, 2.05) is 18.2 Å². The molecule has 1 aromatic rings. The van der Waals surface area contributed by atoms with Gasteiger partial charge in [-0.15, -0.1) is 0 Å². The summed E-state index contributed by atoms with van der Waals surface area (Å²) in [7, 11) is 3.27. The molecule has 23 heavy (non-hydrogen) atoms. The van der Waals surface area contributed by atoms with E-state index < -0.39 is 0 Å². The van der Waals surface area contributed by atoms with Gasteiger partial charge in [0.15, 0.2) is 11.5 Å². The van der Waals surface area contributed by atoms with Crippen LogP contribution < -0.4 is 9.47 Å². The number of hydrogen-bond donors (Lipinski definition) is 1. The van der Waals surface area contributed by atoms with E-state index in [4.69, 9.17) is 14.2 Å². The van der Waals surface area contributed by atoms with Gasteiger partial charge in [-0.05, 0) is 36.6 Å². The van der Waals surface area contributed by atoms with Crippen LogP contribution in [-0.4, -0.2) is 56.6 Å². The van der Waals surface area contributed by atoms with Gasteiger partial charge in [-0.25, -0.2) is 0 Å². The minimum absolute atomic E-state index is 0.0111.